The number of hydrogen-bond acceptors (Lipinski definition) is 4. The molecule has 7 nitrogen and oxygen atoms in total. The smallest absolute Gasteiger partial charge is 0.329 e. The van der Waals surface area contributed by atoms with Crippen molar-refractivity contribution in [3.8, 4) is 5.75 Å². The summed E-state index contributed by atoms with van der Waals surface area (Å²) in [6.45, 7) is 0. The minimum absolute atomic E-state index is 0.395. The summed E-state index contributed by atoms with van der Waals surface area (Å²) in [5, 5.41) is 24.2. The lowest BCUT2D eigenvalue weighted by molar-refractivity contribution is -0.142. The van der Waals surface area contributed by atoms with Crippen LogP contribution >= 0.6 is 0 Å². The van der Waals surface area contributed by atoms with Crippen molar-refractivity contribution in [2.75, 3.05) is 12.4 Å². The number of amides is 2. The fourth-order valence-electron chi connectivity index (χ4n) is 2.13. The number of urea groups is 1. The molecule has 2 amide bonds. The van der Waals surface area contributed by atoms with Gasteiger partial charge in [0.15, 0.2) is 6.04 Å². The summed E-state index contributed by atoms with van der Waals surface area (Å²) in [5.41, 5.74) is 0.830. The van der Waals surface area contributed by atoms with Crippen molar-refractivity contribution < 1.29 is 24.5 Å². The van der Waals surface area contributed by atoms with Crippen LogP contribution in [0.1, 0.15) is 11.7 Å². The largest absolute Gasteiger partial charge is 0.497 e. The zero-order valence-corrected chi connectivity index (χ0v) is 13.0. The quantitative estimate of drug-likeness (QED) is 0.648. The molecule has 0 aromatic heterocycles. The Morgan fingerprint density at radius 2 is 1.79 bits per heavy atom. The summed E-state index contributed by atoms with van der Waals surface area (Å²) in [7, 11) is 1.50. The molecule has 0 aliphatic carbocycles. The maximum atomic E-state index is 12.0. The maximum Gasteiger partial charge on any atom is 0.329 e. The van der Waals surface area contributed by atoms with E-state index in [0.717, 1.165) is 0 Å². The van der Waals surface area contributed by atoms with E-state index in [1.807, 2.05) is 0 Å². The molecule has 0 aliphatic rings. The van der Waals surface area contributed by atoms with Gasteiger partial charge < -0.3 is 25.6 Å². The van der Waals surface area contributed by atoms with E-state index in [4.69, 9.17) is 4.74 Å². The highest BCUT2D eigenvalue weighted by molar-refractivity contribution is 5.92. The number of methoxy groups -OCH3 is 1. The van der Waals surface area contributed by atoms with E-state index in [9.17, 15) is 19.8 Å². The van der Waals surface area contributed by atoms with Crippen LogP contribution in [0.25, 0.3) is 0 Å². The molecule has 24 heavy (non-hydrogen) atoms. The molecule has 0 aliphatic heterocycles. The van der Waals surface area contributed by atoms with Crippen LogP contribution in [0.2, 0.25) is 0 Å². The Bertz CT molecular complexity index is 705. The molecule has 0 saturated heterocycles. The second kappa shape index (κ2) is 7.98. The minimum Gasteiger partial charge on any atom is -0.497 e. The van der Waals surface area contributed by atoms with Gasteiger partial charge in [0.05, 0.1) is 7.11 Å². The van der Waals surface area contributed by atoms with Crippen LogP contribution in [0, 0.1) is 0 Å². The number of aliphatic hydroxyl groups excluding tert-OH is 1. The molecule has 4 N–H and O–H groups in total. The average Bonchev–Trinajstić information content (AvgIpc) is 2.59. The number of carbonyl (C=O) groups excluding carboxylic acids is 1. The van der Waals surface area contributed by atoms with E-state index in [1.54, 1.807) is 54.6 Å². The maximum absolute atomic E-state index is 12.0. The third-order valence-electron chi connectivity index (χ3n) is 3.34. The van der Waals surface area contributed by atoms with E-state index >= 15 is 0 Å². The molecular weight excluding hydrogens is 312 g/mol. The first kappa shape index (κ1) is 17.3. The minimum atomic E-state index is -1.49. The first-order valence-corrected chi connectivity index (χ1v) is 7.18. The van der Waals surface area contributed by atoms with Gasteiger partial charge in [-0.15, -0.1) is 0 Å². The van der Waals surface area contributed by atoms with Crippen LogP contribution in [-0.4, -0.2) is 35.4 Å². The van der Waals surface area contributed by atoms with Crippen molar-refractivity contribution >= 4 is 17.7 Å². The van der Waals surface area contributed by atoms with Crippen LogP contribution in [0.5, 0.6) is 5.75 Å². The number of nitrogens with one attached hydrogen (secondary N) is 2. The molecule has 7 heteroatoms. The van der Waals surface area contributed by atoms with Crippen LogP contribution in [-0.2, 0) is 4.79 Å². The summed E-state index contributed by atoms with van der Waals surface area (Å²) in [4.78, 5) is 23.4. The van der Waals surface area contributed by atoms with Gasteiger partial charge >= 0.3 is 12.0 Å². The van der Waals surface area contributed by atoms with E-state index in [1.165, 1.54) is 7.11 Å². The van der Waals surface area contributed by atoms with Gasteiger partial charge in [0.2, 0.25) is 0 Å². The van der Waals surface area contributed by atoms with Gasteiger partial charge in [0.1, 0.15) is 11.9 Å². The molecule has 0 fully saturated rings. The number of aliphatic carboxylic acids is 1. The third-order valence-corrected chi connectivity index (χ3v) is 3.34. The predicted molar refractivity (Wildman–Crippen MR) is 88.0 cm³/mol. The molecule has 0 radical (unpaired) electrons. The highest BCUT2D eigenvalue weighted by atomic mass is 16.5. The molecule has 0 heterocycles. The molecule has 2 atom stereocenters. The standard InChI is InChI=1S/C17H18N2O5/c1-24-13-9-5-8-12(10-13)18-17(23)19-14(16(21)22)15(20)11-6-3-2-4-7-11/h2-10,14-15,20H,1H3,(H,21,22)(H2,18,19,23). The van der Waals surface area contributed by atoms with Gasteiger partial charge in [-0.25, -0.2) is 9.59 Å². The topological polar surface area (TPSA) is 108 Å². The molecule has 2 rings (SSSR count). The van der Waals surface area contributed by atoms with Crippen molar-refractivity contribution in [3.05, 3.63) is 60.2 Å². The summed E-state index contributed by atoms with van der Waals surface area (Å²) < 4.78 is 5.05. The highest BCUT2D eigenvalue weighted by Gasteiger charge is 2.29. The van der Waals surface area contributed by atoms with Gasteiger partial charge in [-0.1, -0.05) is 36.4 Å². The van der Waals surface area contributed by atoms with Crippen LogP contribution < -0.4 is 15.4 Å². The number of aliphatic hydroxyl groups is 1. The van der Waals surface area contributed by atoms with Crippen molar-refractivity contribution in [2.24, 2.45) is 0 Å². The van der Waals surface area contributed by atoms with Crippen LogP contribution in [0.15, 0.2) is 54.6 Å². The average molecular weight is 330 g/mol. The summed E-state index contributed by atoms with van der Waals surface area (Å²) in [6, 6.07) is 12.6. The van der Waals surface area contributed by atoms with Crippen LogP contribution in [0.3, 0.4) is 0 Å². The van der Waals surface area contributed by atoms with E-state index in [0.29, 0.717) is 17.0 Å². The summed E-state index contributed by atoms with van der Waals surface area (Å²) in [5.74, 6) is -0.793. The molecular formula is C17H18N2O5. The fourth-order valence-corrected chi connectivity index (χ4v) is 2.13. The predicted octanol–water partition coefficient (Wildman–Crippen LogP) is 2.00. The third kappa shape index (κ3) is 4.47. The van der Waals surface area contributed by atoms with Crippen molar-refractivity contribution in [2.45, 2.75) is 12.1 Å². The number of rotatable bonds is 6. The lowest BCUT2D eigenvalue weighted by Crippen LogP contribution is -2.46. The number of carboxylic acids is 1. The van der Waals surface area contributed by atoms with Gasteiger partial charge in [-0.3, -0.25) is 0 Å². The normalized spacial score (nSPS) is 12.8. The molecule has 2 unspecified atom stereocenters. The van der Waals surface area contributed by atoms with Crippen molar-refractivity contribution in [1.82, 2.24) is 5.32 Å². The number of carbonyl (C=O) groups is 2. The monoisotopic (exact) mass is 330 g/mol. The number of hydrogen-bond donors (Lipinski definition) is 4. The second-order valence-electron chi connectivity index (χ2n) is 5.00. The Balaban J connectivity index is 2.07. The van der Waals surface area contributed by atoms with Crippen molar-refractivity contribution in [1.29, 1.82) is 0 Å². The lowest BCUT2D eigenvalue weighted by atomic mass is 10.0. The molecule has 0 spiro atoms. The first-order valence-electron chi connectivity index (χ1n) is 7.18. The number of benzene rings is 2. The molecule has 0 bridgehead atoms. The second-order valence-corrected chi connectivity index (χ2v) is 5.00. The van der Waals surface area contributed by atoms with Gasteiger partial charge in [-0.2, -0.15) is 0 Å². The lowest BCUT2D eigenvalue weighted by Gasteiger charge is -2.21. The van der Waals surface area contributed by atoms with Crippen molar-refractivity contribution in [3.63, 3.8) is 0 Å². The Labute approximate surface area is 138 Å². The summed E-state index contributed by atoms with van der Waals surface area (Å²) in [6.07, 6.45) is -1.38. The SMILES string of the molecule is COc1cccc(NC(=O)NC(C(=O)O)C(O)c2ccccc2)c1. The Kier molecular flexibility index (Phi) is 5.75. The van der Waals surface area contributed by atoms with E-state index < -0.39 is 24.1 Å². The number of ether oxygens (including phenoxy) is 1. The van der Waals surface area contributed by atoms with E-state index in [-0.39, 0.29) is 0 Å². The Morgan fingerprint density at radius 1 is 1.08 bits per heavy atom. The highest BCUT2D eigenvalue weighted by Crippen LogP contribution is 2.18. The van der Waals surface area contributed by atoms with Gasteiger partial charge in [0, 0.05) is 11.8 Å². The zero-order chi connectivity index (χ0) is 17.5. The molecule has 126 valence electrons. The fraction of sp³-hybridized carbons (Fsp3) is 0.176. The molecule has 2 aromatic rings. The Morgan fingerprint density at radius 3 is 2.42 bits per heavy atom. The van der Waals surface area contributed by atoms with Gasteiger partial charge in [0.25, 0.3) is 0 Å². The summed E-state index contributed by atoms with van der Waals surface area (Å²) >= 11 is 0. The number of carboxylic acid groups (broad SMARTS) is 1. The zero-order valence-electron chi connectivity index (χ0n) is 13.0. The number of anilines is 1. The first-order chi connectivity index (χ1) is 11.5. The molecule has 0 saturated carbocycles. The van der Waals surface area contributed by atoms with E-state index in [2.05, 4.69) is 10.6 Å². The molecule has 2 aromatic carbocycles. The van der Waals surface area contributed by atoms with Gasteiger partial charge in [-0.05, 0) is 17.7 Å². The Hall–Kier alpha value is -3.06. The van der Waals surface area contributed by atoms with Crippen LogP contribution in [0.4, 0.5) is 10.5 Å².